The van der Waals surface area contributed by atoms with Crippen LogP contribution in [-0.2, 0) is 9.59 Å². The number of anilines is 1. The van der Waals surface area contributed by atoms with E-state index in [4.69, 9.17) is 0 Å². The van der Waals surface area contributed by atoms with Gasteiger partial charge in [-0.15, -0.1) is 0 Å². The third-order valence-electron chi connectivity index (χ3n) is 6.20. The van der Waals surface area contributed by atoms with E-state index in [9.17, 15) is 9.59 Å². The SMILES string of the molecule is CN1CC(=O)N(c2ccsc2)CC12CCN(C(=O)CC1=CCCCC1)C2. The lowest BCUT2D eigenvalue weighted by Gasteiger charge is -2.46. The minimum atomic E-state index is -0.119. The van der Waals surface area contributed by atoms with E-state index in [1.165, 1.54) is 18.4 Å². The number of allylic oxidation sites excluding steroid dienone is 1. The maximum absolute atomic E-state index is 12.8. The van der Waals surface area contributed by atoms with Crippen LogP contribution >= 0.6 is 11.3 Å². The number of amides is 2. The van der Waals surface area contributed by atoms with E-state index < -0.39 is 0 Å². The maximum atomic E-state index is 12.8. The second-order valence-electron chi connectivity index (χ2n) is 7.89. The van der Waals surface area contributed by atoms with E-state index >= 15 is 0 Å². The molecule has 140 valence electrons. The topological polar surface area (TPSA) is 43.9 Å². The van der Waals surface area contributed by atoms with Gasteiger partial charge in [-0.1, -0.05) is 11.6 Å². The van der Waals surface area contributed by atoms with Gasteiger partial charge in [0.25, 0.3) is 0 Å². The highest BCUT2D eigenvalue weighted by Gasteiger charge is 2.48. The molecule has 0 radical (unpaired) electrons. The van der Waals surface area contributed by atoms with Gasteiger partial charge in [-0.05, 0) is 50.6 Å². The third kappa shape index (κ3) is 3.32. The van der Waals surface area contributed by atoms with Crippen LogP contribution in [0.3, 0.4) is 0 Å². The van der Waals surface area contributed by atoms with Crippen molar-refractivity contribution in [3.8, 4) is 0 Å². The zero-order valence-corrected chi connectivity index (χ0v) is 16.3. The lowest BCUT2D eigenvalue weighted by atomic mass is 9.92. The number of carbonyl (C=O) groups is 2. The number of carbonyl (C=O) groups excluding carboxylic acids is 2. The molecule has 3 heterocycles. The highest BCUT2D eigenvalue weighted by atomic mass is 32.1. The molecule has 1 atom stereocenters. The number of thiophene rings is 1. The molecule has 2 amide bonds. The van der Waals surface area contributed by atoms with Crippen molar-refractivity contribution in [2.75, 3.05) is 38.1 Å². The summed E-state index contributed by atoms with van der Waals surface area (Å²) in [6.45, 7) is 2.61. The molecule has 26 heavy (non-hydrogen) atoms. The van der Waals surface area contributed by atoms with Crippen LogP contribution in [0.25, 0.3) is 0 Å². The first-order valence-corrected chi connectivity index (χ1v) is 10.5. The van der Waals surface area contributed by atoms with Gasteiger partial charge in [0.1, 0.15) is 0 Å². The first kappa shape index (κ1) is 17.7. The monoisotopic (exact) mass is 373 g/mol. The van der Waals surface area contributed by atoms with E-state index in [1.54, 1.807) is 11.3 Å². The molecule has 6 heteroatoms. The Morgan fingerprint density at radius 1 is 1.31 bits per heavy atom. The van der Waals surface area contributed by atoms with Crippen molar-refractivity contribution in [3.63, 3.8) is 0 Å². The molecule has 1 aliphatic carbocycles. The van der Waals surface area contributed by atoms with Crippen LogP contribution < -0.4 is 4.90 Å². The Hall–Kier alpha value is -1.66. The number of likely N-dealkylation sites (N-methyl/N-ethyl adjacent to an activating group) is 1. The summed E-state index contributed by atoms with van der Waals surface area (Å²) in [6.07, 6.45) is 8.43. The number of likely N-dealkylation sites (tertiary alicyclic amines) is 1. The van der Waals surface area contributed by atoms with Crippen LogP contribution in [0.5, 0.6) is 0 Å². The van der Waals surface area contributed by atoms with Gasteiger partial charge >= 0.3 is 0 Å². The number of nitrogens with zero attached hydrogens (tertiary/aromatic N) is 3. The average molecular weight is 374 g/mol. The molecule has 1 spiro atoms. The molecule has 2 aliphatic heterocycles. The summed E-state index contributed by atoms with van der Waals surface area (Å²) in [4.78, 5) is 31.4. The molecule has 1 unspecified atom stereocenters. The Morgan fingerprint density at radius 2 is 2.19 bits per heavy atom. The lowest BCUT2D eigenvalue weighted by molar-refractivity contribution is -0.130. The largest absolute Gasteiger partial charge is 0.340 e. The standard InChI is InChI=1S/C20H27N3O2S/c1-21-12-19(25)23(17-7-10-26-13-17)15-20(21)8-9-22(14-20)18(24)11-16-5-3-2-4-6-16/h5,7,10,13H,2-4,6,8-9,11-12,14-15H2,1H3. The molecule has 0 aromatic carbocycles. The molecule has 1 aromatic rings. The quantitative estimate of drug-likeness (QED) is 0.765. The first-order chi connectivity index (χ1) is 12.6. The molecule has 0 bridgehead atoms. The highest BCUT2D eigenvalue weighted by molar-refractivity contribution is 7.08. The zero-order valence-electron chi connectivity index (χ0n) is 15.4. The molecule has 2 fully saturated rings. The molecular weight excluding hydrogens is 346 g/mol. The first-order valence-electron chi connectivity index (χ1n) is 9.57. The minimum absolute atomic E-state index is 0.119. The molecule has 0 saturated carbocycles. The van der Waals surface area contributed by atoms with E-state index in [0.717, 1.165) is 38.0 Å². The van der Waals surface area contributed by atoms with Crippen LogP contribution in [0, 0.1) is 0 Å². The zero-order chi connectivity index (χ0) is 18.1. The summed E-state index contributed by atoms with van der Waals surface area (Å²) in [5.74, 6) is 0.399. The maximum Gasteiger partial charge on any atom is 0.241 e. The van der Waals surface area contributed by atoms with Crippen molar-refractivity contribution < 1.29 is 9.59 Å². The van der Waals surface area contributed by atoms with Crippen LogP contribution in [0.4, 0.5) is 5.69 Å². The van der Waals surface area contributed by atoms with Crippen molar-refractivity contribution in [2.45, 2.75) is 44.1 Å². The number of hydrogen-bond donors (Lipinski definition) is 0. The second kappa shape index (κ2) is 7.16. The Morgan fingerprint density at radius 3 is 2.92 bits per heavy atom. The Balaban J connectivity index is 1.45. The average Bonchev–Trinajstić information content (AvgIpc) is 3.30. The van der Waals surface area contributed by atoms with Gasteiger partial charge in [-0.2, -0.15) is 11.3 Å². The van der Waals surface area contributed by atoms with Gasteiger partial charge in [-0.25, -0.2) is 0 Å². The van der Waals surface area contributed by atoms with E-state index in [1.807, 2.05) is 33.7 Å². The van der Waals surface area contributed by atoms with Gasteiger partial charge in [0.15, 0.2) is 0 Å². The second-order valence-corrected chi connectivity index (χ2v) is 8.67. The van der Waals surface area contributed by atoms with Crippen molar-refractivity contribution in [2.24, 2.45) is 0 Å². The van der Waals surface area contributed by atoms with Crippen molar-refractivity contribution in [1.82, 2.24) is 9.80 Å². The summed E-state index contributed by atoms with van der Waals surface area (Å²) >= 11 is 1.61. The van der Waals surface area contributed by atoms with Crippen molar-refractivity contribution in [1.29, 1.82) is 0 Å². The third-order valence-corrected chi connectivity index (χ3v) is 6.87. The predicted octanol–water partition coefficient (Wildman–Crippen LogP) is 2.89. The molecule has 2 saturated heterocycles. The normalized spacial score (nSPS) is 27.3. The summed E-state index contributed by atoms with van der Waals surface area (Å²) in [5.41, 5.74) is 2.19. The molecule has 0 N–H and O–H groups in total. The van der Waals surface area contributed by atoms with Gasteiger partial charge in [0, 0.05) is 31.4 Å². The fraction of sp³-hybridized carbons (Fsp3) is 0.600. The predicted molar refractivity (Wildman–Crippen MR) is 104 cm³/mol. The lowest BCUT2D eigenvalue weighted by Crippen LogP contribution is -2.64. The van der Waals surface area contributed by atoms with Crippen LogP contribution in [-0.4, -0.2) is 60.4 Å². The van der Waals surface area contributed by atoms with Crippen LogP contribution in [0.15, 0.2) is 28.5 Å². The summed E-state index contributed by atoms with van der Waals surface area (Å²) in [5, 5.41) is 4.04. The Labute approximate surface area is 159 Å². The van der Waals surface area contributed by atoms with Gasteiger partial charge in [0.2, 0.25) is 11.8 Å². The minimum Gasteiger partial charge on any atom is -0.340 e. The van der Waals surface area contributed by atoms with E-state index in [2.05, 4.69) is 11.0 Å². The molecule has 5 nitrogen and oxygen atoms in total. The summed E-state index contributed by atoms with van der Waals surface area (Å²) in [7, 11) is 2.03. The van der Waals surface area contributed by atoms with E-state index in [-0.39, 0.29) is 17.4 Å². The summed E-state index contributed by atoms with van der Waals surface area (Å²) < 4.78 is 0. The van der Waals surface area contributed by atoms with Crippen molar-refractivity contribution >= 4 is 28.8 Å². The van der Waals surface area contributed by atoms with Crippen molar-refractivity contribution in [3.05, 3.63) is 28.5 Å². The van der Waals surface area contributed by atoms with Gasteiger partial charge in [0.05, 0.1) is 17.8 Å². The number of rotatable bonds is 3. The highest BCUT2D eigenvalue weighted by Crippen LogP contribution is 2.34. The van der Waals surface area contributed by atoms with Crippen LogP contribution in [0.2, 0.25) is 0 Å². The smallest absolute Gasteiger partial charge is 0.241 e. The Kier molecular flexibility index (Phi) is 4.88. The van der Waals surface area contributed by atoms with Crippen LogP contribution in [0.1, 0.15) is 38.5 Å². The van der Waals surface area contributed by atoms with Gasteiger partial charge in [-0.3, -0.25) is 14.5 Å². The number of piperazine rings is 1. The molecular formula is C20H27N3O2S. The molecule has 1 aromatic heterocycles. The fourth-order valence-corrected chi connectivity index (χ4v) is 5.13. The van der Waals surface area contributed by atoms with E-state index in [0.29, 0.717) is 19.5 Å². The Bertz CT molecular complexity index is 715. The molecule has 3 aliphatic rings. The summed E-state index contributed by atoms with van der Waals surface area (Å²) in [6, 6.07) is 2.01. The van der Waals surface area contributed by atoms with Gasteiger partial charge < -0.3 is 9.80 Å². The fourth-order valence-electron chi connectivity index (χ4n) is 4.49. The molecule has 4 rings (SSSR count). The number of hydrogen-bond acceptors (Lipinski definition) is 4.